The topological polar surface area (TPSA) is 143 Å². The highest BCUT2D eigenvalue weighted by molar-refractivity contribution is 5.94. The Morgan fingerprint density at radius 1 is 0.925 bits per heavy atom. The predicted octanol–water partition coefficient (Wildman–Crippen LogP) is 2.67. The van der Waals surface area contributed by atoms with Crippen LogP contribution in [0.1, 0.15) is 73.3 Å². The van der Waals surface area contributed by atoms with Crippen molar-refractivity contribution in [1.82, 2.24) is 20.9 Å². The monoisotopic (exact) mass is 560 g/mol. The van der Waals surface area contributed by atoms with Gasteiger partial charge < -0.3 is 25.4 Å². The average molecular weight is 561 g/mol. The van der Waals surface area contributed by atoms with Crippen LogP contribution in [0.2, 0.25) is 0 Å². The molecule has 40 heavy (non-hydrogen) atoms. The zero-order valence-corrected chi connectivity index (χ0v) is 24.6. The number of likely N-dealkylation sites (tertiary alicyclic amines) is 1. The molecule has 0 aliphatic carbocycles. The molecule has 11 nitrogen and oxygen atoms in total. The third kappa shape index (κ3) is 10.5. The standard InChI is InChI=1S/C29H44N4O7/c1-18(2)16-22(25(35)31-20(4)27(37)39-17-21-12-9-8-10-13-21)32-24(34)19(3)30-26(36)23-14-11-15-33(23)28(38)40-29(5,6)7/h8-10,12-13,18-20,22-23H,11,14-17H2,1-7H3,(H,30,36)(H,31,35)(H,32,34)/t19-,20-,22+,23+/m1/s1. The fraction of sp³-hybridized carbons (Fsp3) is 0.621. The van der Waals surface area contributed by atoms with E-state index in [0.717, 1.165) is 5.56 Å². The third-order valence-corrected chi connectivity index (χ3v) is 6.21. The first-order valence-electron chi connectivity index (χ1n) is 13.8. The molecule has 4 amide bonds. The van der Waals surface area contributed by atoms with Crippen molar-refractivity contribution in [3.63, 3.8) is 0 Å². The summed E-state index contributed by atoms with van der Waals surface area (Å²) in [5.41, 5.74) is 0.123. The number of nitrogens with one attached hydrogen (secondary N) is 3. The van der Waals surface area contributed by atoms with Crippen molar-refractivity contribution in [1.29, 1.82) is 0 Å². The van der Waals surface area contributed by atoms with Crippen LogP contribution in [0.4, 0.5) is 4.79 Å². The summed E-state index contributed by atoms with van der Waals surface area (Å²) in [5, 5.41) is 7.95. The quantitative estimate of drug-likeness (QED) is 0.353. The summed E-state index contributed by atoms with van der Waals surface area (Å²) >= 11 is 0. The highest BCUT2D eigenvalue weighted by Gasteiger charge is 2.37. The fourth-order valence-corrected chi connectivity index (χ4v) is 4.18. The Morgan fingerprint density at radius 2 is 1.57 bits per heavy atom. The molecule has 1 aromatic rings. The van der Waals surface area contributed by atoms with E-state index in [-0.39, 0.29) is 12.5 Å². The molecule has 1 aliphatic heterocycles. The van der Waals surface area contributed by atoms with Crippen LogP contribution < -0.4 is 16.0 Å². The highest BCUT2D eigenvalue weighted by atomic mass is 16.6. The average Bonchev–Trinajstić information content (AvgIpc) is 3.36. The minimum Gasteiger partial charge on any atom is -0.459 e. The molecule has 4 atom stereocenters. The first-order valence-corrected chi connectivity index (χ1v) is 13.8. The summed E-state index contributed by atoms with van der Waals surface area (Å²) in [4.78, 5) is 65.3. The number of nitrogens with zero attached hydrogens (tertiary/aromatic N) is 1. The van der Waals surface area contributed by atoms with E-state index < -0.39 is 59.6 Å². The maximum Gasteiger partial charge on any atom is 0.410 e. The number of rotatable bonds is 11. The second-order valence-electron chi connectivity index (χ2n) is 11.6. The van der Waals surface area contributed by atoms with Crippen LogP contribution in [-0.2, 0) is 35.3 Å². The van der Waals surface area contributed by atoms with Crippen molar-refractivity contribution in [3.8, 4) is 0 Å². The van der Waals surface area contributed by atoms with Crippen LogP contribution in [-0.4, -0.2) is 71.0 Å². The van der Waals surface area contributed by atoms with Crippen molar-refractivity contribution in [2.45, 2.75) is 104 Å². The van der Waals surface area contributed by atoms with Crippen molar-refractivity contribution >= 4 is 29.8 Å². The second-order valence-corrected chi connectivity index (χ2v) is 11.6. The molecule has 222 valence electrons. The molecule has 1 fully saturated rings. The number of amides is 4. The molecule has 0 bridgehead atoms. The van der Waals surface area contributed by atoms with Crippen molar-refractivity contribution in [2.75, 3.05) is 6.54 Å². The van der Waals surface area contributed by atoms with Gasteiger partial charge in [-0.25, -0.2) is 9.59 Å². The van der Waals surface area contributed by atoms with Crippen molar-refractivity contribution < 1.29 is 33.4 Å². The lowest BCUT2D eigenvalue weighted by Crippen LogP contribution is -2.56. The van der Waals surface area contributed by atoms with Crippen LogP contribution in [0, 0.1) is 5.92 Å². The molecular formula is C29H44N4O7. The largest absolute Gasteiger partial charge is 0.459 e. The molecule has 1 aromatic carbocycles. The summed E-state index contributed by atoms with van der Waals surface area (Å²) in [6.07, 6.45) is 0.836. The minimum absolute atomic E-state index is 0.0576. The van der Waals surface area contributed by atoms with Gasteiger partial charge in [0.15, 0.2) is 0 Å². The van der Waals surface area contributed by atoms with Crippen molar-refractivity contribution in [2.24, 2.45) is 5.92 Å². The predicted molar refractivity (Wildman–Crippen MR) is 149 cm³/mol. The first-order chi connectivity index (χ1) is 18.7. The van der Waals surface area contributed by atoms with E-state index in [1.165, 1.54) is 18.7 Å². The number of hydrogen-bond donors (Lipinski definition) is 3. The Kier molecular flexibility index (Phi) is 11.9. The summed E-state index contributed by atoms with van der Waals surface area (Å²) < 4.78 is 10.7. The smallest absolute Gasteiger partial charge is 0.410 e. The maximum atomic E-state index is 13.0. The van der Waals surface area contributed by atoms with Crippen LogP contribution in [0.5, 0.6) is 0 Å². The summed E-state index contributed by atoms with van der Waals surface area (Å²) in [7, 11) is 0. The highest BCUT2D eigenvalue weighted by Crippen LogP contribution is 2.21. The molecule has 11 heteroatoms. The van der Waals surface area contributed by atoms with Crippen molar-refractivity contribution in [3.05, 3.63) is 35.9 Å². The van der Waals surface area contributed by atoms with Gasteiger partial charge >= 0.3 is 12.1 Å². The fourth-order valence-electron chi connectivity index (χ4n) is 4.18. The lowest BCUT2D eigenvalue weighted by molar-refractivity contribution is -0.148. The molecule has 0 unspecified atom stereocenters. The van der Waals surface area contributed by atoms with E-state index in [0.29, 0.717) is 25.8 Å². The van der Waals surface area contributed by atoms with Gasteiger partial charge in [-0.15, -0.1) is 0 Å². The van der Waals surface area contributed by atoms with Crippen LogP contribution in [0.15, 0.2) is 30.3 Å². The zero-order valence-electron chi connectivity index (χ0n) is 24.6. The van der Waals surface area contributed by atoms with E-state index >= 15 is 0 Å². The van der Waals surface area contributed by atoms with Crippen LogP contribution in [0.25, 0.3) is 0 Å². The Bertz CT molecular complexity index is 1040. The molecule has 0 saturated carbocycles. The number of esters is 1. The molecule has 0 radical (unpaired) electrons. The Labute approximate surface area is 236 Å². The van der Waals surface area contributed by atoms with Gasteiger partial charge in [0.1, 0.15) is 36.4 Å². The van der Waals surface area contributed by atoms with Crippen LogP contribution in [0.3, 0.4) is 0 Å². The first kappa shape index (κ1) is 32.6. The number of hydrogen-bond acceptors (Lipinski definition) is 7. The third-order valence-electron chi connectivity index (χ3n) is 6.21. The number of benzene rings is 1. The number of carbonyl (C=O) groups excluding carboxylic acids is 5. The van der Waals surface area contributed by atoms with E-state index in [2.05, 4.69) is 16.0 Å². The Balaban J connectivity index is 1.94. The van der Waals surface area contributed by atoms with E-state index in [4.69, 9.17) is 9.47 Å². The van der Waals surface area contributed by atoms with Gasteiger partial charge in [-0.1, -0.05) is 44.2 Å². The summed E-state index contributed by atoms with van der Waals surface area (Å²) in [5.74, 6) is -2.10. The molecular weight excluding hydrogens is 516 g/mol. The van der Waals surface area contributed by atoms with Gasteiger partial charge in [0.2, 0.25) is 17.7 Å². The summed E-state index contributed by atoms with van der Waals surface area (Å²) in [6, 6.07) is 5.61. The number of carbonyl (C=O) groups is 5. The lowest BCUT2D eigenvalue weighted by Gasteiger charge is -2.29. The van der Waals surface area contributed by atoms with Gasteiger partial charge in [0.05, 0.1) is 0 Å². The molecule has 0 aromatic heterocycles. The van der Waals surface area contributed by atoms with Crippen LogP contribution >= 0.6 is 0 Å². The zero-order chi connectivity index (χ0) is 30.0. The molecule has 0 spiro atoms. The maximum absolute atomic E-state index is 13.0. The molecule has 3 N–H and O–H groups in total. The van der Waals surface area contributed by atoms with E-state index in [9.17, 15) is 24.0 Å². The van der Waals surface area contributed by atoms with E-state index in [1.807, 2.05) is 44.2 Å². The summed E-state index contributed by atoms with van der Waals surface area (Å²) in [6.45, 7) is 12.5. The second kappa shape index (κ2) is 14.7. The SMILES string of the molecule is CC(C)C[C@H](NC(=O)[C@@H](C)NC(=O)[C@@H]1CCCN1C(=O)OC(C)(C)C)C(=O)N[C@H](C)C(=O)OCc1ccccc1. The number of ether oxygens (including phenoxy) is 2. The van der Waals surface area contributed by atoms with Gasteiger partial charge in [-0.2, -0.15) is 0 Å². The lowest BCUT2D eigenvalue weighted by atomic mass is 10.0. The molecule has 2 rings (SSSR count). The Hall–Kier alpha value is -3.63. The van der Waals surface area contributed by atoms with E-state index in [1.54, 1.807) is 20.8 Å². The minimum atomic E-state index is -0.968. The molecule has 1 heterocycles. The van der Waals surface area contributed by atoms with Gasteiger partial charge in [0, 0.05) is 6.54 Å². The van der Waals surface area contributed by atoms with Gasteiger partial charge in [-0.3, -0.25) is 19.3 Å². The normalized spacial score (nSPS) is 17.4. The van der Waals surface area contributed by atoms with Gasteiger partial charge in [-0.05, 0) is 65.4 Å². The molecule has 1 aliphatic rings. The van der Waals surface area contributed by atoms with Gasteiger partial charge in [0.25, 0.3) is 0 Å². The Morgan fingerprint density at radius 3 is 2.17 bits per heavy atom. The molecule has 1 saturated heterocycles.